The van der Waals surface area contributed by atoms with Crippen LogP contribution in [0.25, 0.3) is 0 Å². The van der Waals surface area contributed by atoms with Crippen LogP contribution < -0.4 is 16.0 Å². The molecule has 2 heterocycles. The number of thioether (sulfide) groups is 2. The average molecular weight is 309 g/mol. The van der Waals surface area contributed by atoms with Crippen LogP contribution in [0.2, 0.25) is 0 Å². The summed E-state index contributed by atoms with van der Waals surface area (Å²) in [5.41, 5.74) is 1.83. The van der Waals surface area contributed by atoms with Gasteiger partial charge in [0.05, 0.1) is 17.5 Å². The molecule has 20 heavy (non-hydrogen) atoms. The highest BCUT2D eigenvalue weighted by molar-refractivity contribution is 8.00. The first kappa shape index (κ1) is 13.8. The third-order valence-electron chi connectivity index (χ3n) is 3.18. The van der Waals surface area contributed by atoms with E-state index in [2.05, 4.69) is 16.0 Å². The Hall–Kier alpha value is -1.18. The number of fused-ring (bicyclic) bond motifs is 1. The van der Waals surface area contributed by atoms with E-state index in [0.29, 0.717) is 12.3 Å². The van der Waals surface area contributed by atoms with E-state index in [0.717, 1.165) is 27.8 Å². The number of hydrogen-bond donors (Lipinski definition) is 3. The summed E-state index contributed by atoms with van der Waals surface area (Å²) in [4.78, 5) is 24.3. The molecule has 0 aromatic heterocycles. The molecule has 2 aliphatic rings. The number of amides is 2. The Kier molecular flexibility index (Phi) is 4.18. The molecule has 2 amide bonds. The van der Waals surface area contributed by atoms with Crippen molar-refractivity contribution >= 4 is 41.0 Å². The normalized spacial score (nSPS) is 21.2. The van der Waals surface area contributed by atoms with Crippen LogP contribution >= 0.6 is 23.5 Å². The summed E-state index contributed by atoms with van der Waals surface area (Å²) in [6.45, 7) is 0.482. The van der Waals surface area contributed by atoms with E-state index in [4.69, 9.17) is 0 Å². The lowest BCUT2D eigenvalue weighted by Gasteiger charge is -2.17. The van der Waals surface area contributed by atoms with Crippen molar-refractivity contribution in [3.05, 3.63) is 23.8 Å². The van der Waals surface area contributed by atoms with Crippen molar-refractivity contribution < 1.29 is 9.59 Å². The van der Waals surface area contributed by atoms with Crippen LogP contribution in [0.3, 0.4) is 0 Å². The molecule has 2 aliphatic heterocycles. The number of carbonyl (C=O) groups excluding carboxylic acids is 2. The fraction of sp³-hybridized carbons (Fsp3) is 0.385. The van der Waals surface area contributed by atoms with Gasteiger partial charge in [-0.3, -0.25) is 14.9 Å². The number of benzene rings is 1. The van der Waals surface area contributed by atoms with E-state index in [-0.39, 0.29) is 17.9 Å². The van der Waals surface area contributed by atoms with Crippen molar-refractivity contribution in [2.75, 3.05) is 22.7 Å². The lowest BCUT2D eigenvalue weighted by Crippen LogP contribution is -2.41. The molecule has 106 valence electrons. The molecule has 1 fully saturated rings. The molecule has 0 saturated carbocycles. The summed E-state index contributed by atoms with van der Waals surface area (Å²) in [5, 5.41) is 8.92. The smallest absolute Gasteiger partial charge is 0.238 e. The Balaban J connectivity index is 1.61. The Labute approximate surface area is 125 Å². The predicted molar refractivity (Wildman–Crippen MR) is 81.9 cm³/mol. The van der Waals surface area contributed by atoms with Crippen LogP contribution in [0.1, 0.15) is 5.56 Å². The van der Waals surface area contributed by atoms with Crippen LogP contribution in [-0.2, 0) is 16.1 Å². The molecule has 1 saturated heterocycles. The predicted octanol–water partition coefficient (Wildman–Crippen LogP) is 1.01. The Morgan fingerprint density at radius 1 is 1.45 bits per heavy atom. The fourth-order valence-electron chi connectivity index (χ4n) is 2.12. The van der Waals surface area contributed by atoms with Gasteiger partial charge < -0.3 is 10.6 Å². The molecular weight excluding hydrogens is 294 g/mol. The second-order valence-corrected chi connectivity index (χ2v) is 6.70. The standard InChI is InChI=1S/C13H15N3O2S2/c17-12-6-20-11-2-1-8(3-9(11)16-12)4-14-13(18)10-5-19-7-15-10/h1-3,10,15H,4-7H2,(H,14,18)(H,16,17). The molecule has 5 nitrogen and oxygen atoms in total. The van der Waals surface area contributed by atoms with Crippen LogP contribution in [-0.4, -0.2) is 35.2 Å². The molecule has 0 bridgehead atoms. The minimum atomic E-state index is -0.0899. The highest BCUT2D eigenvalue weighted by atomic mass is 32.2. The highest BCUT2D eigenvalue weighted by Gasteiger charge is 2.22. The van der Waals surface area contributed by atoms with Gasteiger partial charge in [-0.05, 0) is 17.7 Å². The van der Waals surface area contributed by atoms with Crippen LogP contribution in [0.5, 0.6) is 0 Å². The maximum absolute atomic E-state index is 11.9. The van der Waals surface area contributed by atoms with Crippen molar-refractivity contribution in [3.8, 4) is 0 Å². The zero-order valence-electron chi connectivity index (χ0n) is 10.8. The molecule has 1 atom stereocenters. The van der Waals surface area contributed by atoms with E-state index in [1.54, 1.807) is 11.8 Å². The number of anilines is 1. The molecule has 1 aromatic carbocycles. The third-order valence-corrected chi connectivity index (χ3v) is 5.19. The lowest BCUT2D eigenvalue weighted by molar-refractivity contribution is -0.122. The van der Waals surface area contributed by atoms with Crippen molar-refractivity contribution in [2.45, 2.75) is 17.5 Å². The van der Waals surface area contributed by atoms with Gasteiger partial charge in [-0.1, -0.05) is 6.07 Å². The first-order valence-electron chi connectivity index (χ1n) is 6.37. The van der Waals surface area contributed by atoms with Gasteiger partial charge in [0.25, 0.3) is 0 Å². The van der Waals surface area contributed by atoms with E-state index in [1.165, 1.54) is 11.8 Å². The molecule has 1 unspecified atom stereocenters. The maximum atomic E-state index is 11.9. The zero-order chi connectivity index (χ0) is 13.9. The SMILES string of the molecule is O=C1CSc2ccc(CNC(=O)C3CSCN3)cc2N1. The van der Waals surface area contributed by atoms with Crippen molar-refractivity contribution in [1.82, 2.24) is 10.6 Å². The van der Waals surface area contributed by atoms with Gasteiger partial charge >= 0.3 is 0 Å². The Morgan fingerprint density at radius 2 is 2.35 bits per heavy atom. The van der Waals surface area contributed by atoms with Crippen LogP contribution in [0.15, 0.2) is 23.1 Å². The minimum absolute atomic E-state index is 0.0239. The lowest BCUT2D eigenvalue weighted by atomic mass is 10.2. The summed E-state index contributed by atoms with van der Waals surface area (Å²) in [6.07, 6.45) is 0. The van der Waals surface area contributed by atoms with E-state index < -0.39 is 0 Å². The number of hydrogen-bond acceptors (Lipinski definition) is 5. The molecular formula is C13H15N3O2S2. The van der Waals surface area contributed by atoms with Gasteiger partial charge in [0.2, 0.25) is 11.8 Å². The summed E-state index contributed by atoms with van der Waals surface area (Å²) in [6, 6.07) is 5.81. The van der Waals surface area contributed by atoms with Gasteiger partial charge in [-0.15, -0.1) is 23.5 Å². The second-order valence-electron chi connectivity index (χ2n) is 4.66. The molecule has 0 spiro atoms. The van der Waals surface area contributed by atoms with Crippen molar-refractivity contribution in [2.24, 2.45) is 0 Å². The Bertz CT molecular complexity index is 544. The Morgan fingerprint density at radius 3 is 3.15 bits per heavy atom. The molecule has 7 heteroatoms. The van der Waals surface area contributed by atoms with Gasteiger partial charge in [0, 0.05) is 23.1 Å². The van der Waals surface area contributed by atoms with Gasteiger partial charge in [0.1, 0.15) is 0 Å². The molecule has 1 aromatic rings. The van der Waals surface area contributed by atoms with Gasteiger partial charge in [-0.2, -0.15) is 0 Å². The van der Waals surface area contributed by atoms with Gasteiger partial charge in [0.15, 0.2) is 0 Å². The molecule has 3 N–H and O–H groups in total. The number of rotatable bonds is 3. The monoisotopic (exact) mass is 309 g/mol. The first-order valence-corrected chi connectivity index (χ1v) is 8.51. The van der Waals surface area contributed by atoms with E-state index in [1.807, 2.05) is 18.2 Å². The zero-order valence-corrected chi connectivity index (χ0v) is 12.4. The van der Waals surface area contributed by atoms with E-state index >= 15 is 0 Å². The first-order chi connectivity index (χ1) is 9.72. The summed E-state index contributed by atoms with van der Waals surface area (Å²) < 4.78 is 0. The van der Waals surface area contributed by atoms with Crippen molar-refractivity contribution in [1.29, 1.82) is 0 Å². The summed E-state index contributed by atoms with van der Waals surface area (Å²) in [7, 11) is 0. The maximum Gasteiger partial charge on any atom is 0.238 e. The summed E-state index contributed by atoms with van der Waals surface area (Å²) in [5.74, 6) is 2.18. The second kappa shape index (κ2) is 6.07. The number of carbonyl (C=O) groups is 2. The van der Waals surface area contributed by atoms with E-state index in [9.17, 15) is 9.59 Å². The average Bonchev–Trinajstić information content (AvgIpc) is 2.98. The van der Waals surface area contributed by atoms with Crippen molar-refractivity contribution in [3.63, 3.8) is 0 Å². The fourth-order valence-corrected chi connectivity index (χ4v) is 3.85. The molecule has 3 rings (SSSR count). The molecule has 0 radical (unpaired) electrons. The van der Waals surface area contributed by atoms with Crippen LogP contribution in [0, 0.1) is 0 Å². The quantitative estimate of drug-likeness (QED) is 0.777. The minimum Gasteiger partial charge on any atom is -0.351 e. The molecule has 0 aliphatic carbocycles. The summed E-state index contributed by atoms with van der Waals surface area (Å²) >= 11 is 3.27. The van der Waals surface area contributed by atoms with Gasteiger partial charge in [-0.25, -0.2) is 0 Å². The largest absolute Gasteiger partial charge is 0.351 e. The highest BCUT2D eigenvalue weighted by Crippen LogP contribution is 2.31. The number of nitrogens with one attached hydrogen (secondary N) is 3. The third kappa shape index (κ3) is 3.11. The topological polar surface area (TPSA) is 70.2 Å². The van der Waals surface area contributed by atoms with Crippen LogP contribution in [0.4, 0.5) is 5.69 Å².